The molecular formula is C20H18Cl2FN3O. The lowest BCUT2D eigenvalue weighted by Crippen LogP contribution is -2.41. The summed E-state index contributed by atoms with van der Waals surface area (Å²) in [5, 5.41) is 7.03. The SMILES string of the molecule is O=C1C2CCN(Cc3ccc(Cl)cc3)CC2=NN1Cc1ccc(F)cc1Cl. The van der Waals surface area contributed by atoms with Gasteiger partial charge in [-0.25, -0.2) is 9.40 Å². The van der Waals surface area contributed by atoms with Gasteiger partial charge in [-0.1, -0.05) is 41.4 Å². The fraction of sp³-hybridized carbons (Fsp3) is 0.300. The molecule has 0 aromatic heterocycles. The van der Waals surface area contributed by atoms with E-state index in [9.17, 15) is 9.18 Å². The van der Waals surface area contributed by atoms with Crippen molar-refractivity contribution in [3.05, 3.63) is 69.5 Å². The van der Waals surface area contributed by atoms with Crippen molar-refractivity contribution in [1.82, 2.24) is 9.91 Å². The standard InChI is InChI=1S/C20H18Cl2FN3O/c21-15-4-1-13(2-5-15)10-25-8-7-17-19(12-25)24-26(20(17)27)11-14-3-6-16(23)9-18(14)22/h1-6,9,17H,7-8,10-12H2. The molecule has 4 rings (SSSR count). The molecule has 2 aromatic rings. The molecule has 1 atom stereocenters. The molecule has 0 saturated carbocycles. The minimum atomic E-state index is -0.394. The molecule has 140 valence electrons. The number of benzene rings is 2. The molecule has 2 aromatic carbocycles. The summed E-state index contributed by atoms with van der Waals surface area (Å²) in [4.78, 5) is 15.0. The van der Waals surface area contributed by atoms with E-state index < -0.39 is 5.82 Å². The molecule has 0 aliphatic carbocycles. The highest BCUT2D eigenvalue weighted by molar-refractivity contribution is 6.31. The van der Waals surface area contributed by atoms with E-state index in [2.05, 4.69) is 10.0 Å². The highest BCUT2D eigenvalue weighted by Crippen LogP contribution is 2.28. The quantitative estimate of drug-likeness (QED) is 0.757. The molecule has 27 heavy (non-hydrogen) atoms. The minimum Gasteiger partial charge on any atom is -0.293 e. The van der Waals surface area contributed by atoms with Crippen molar-refractivity contribution in [2.75, 3.05) is 13.1 Å². The van der Waals surface area contributed by atoms with Gasteiger partial charge < -0.3 is 0 Å². The average molecular weight is 406 g/mol. The van der Waals surface area contributed by atoms with Gasteiger partial charge in [-0.3, -0.25) is 9.69 Å². The predicted octanol–water partition coefficient (Wildman–Crippen LogP) is 4.35. The van der Waals surface area contributed by atoms with Crippen LogP contribution < -0.4 is 0 Å². The average Bonchev–Trinajstić information content (AvgIpc) is 2.95. The molecule has 1 saturated heterocycles. The smallest absolute Gasteiger partial charge is 0.251 e. The van der Waals surface area contributed by atoms with Crippen LogP contribution in [0.1, 0.15) is 17.5 Å². The third-order valence-electron chi connectivity index (χ3n) is 4.98. The second kappa shape index (κ2) is 7.58. The van der Waals surface area contributed by atoms with Crippen molar-refractivity contribution in [2.45, 2.75) is 19.5 Å². The van der Waals surface area contributed by atoms with E-state index in [4.69, 9.17) is 23.2 Å². The first-order valence-corrected chi connectivity index (χ1v) is 9.54. The van der Waals surface area contributed by atoms with Gasteiger partial charge in [0.05, 0.1) is 18.2 Å². The number of halogens is 3. The lowest BCUT2D eigenvalue weighted by atomic mass is 9.94. The van der Waals surface area contributed by atoms with Crippen LogP contribution in [-0.2, 0) is 17.9 Å². The van der Waals surface area contributed by atoms with Crippen molar-refractivity contribution in [2.24, 2.45) is 11.0 Å². The Kier molecular flexibility index (Phi) is 5.17. The second-order valence-corrected chi connectivity index (χ2v) is 7.74. The summed E-state index contributed by atoms with van der Waals surface area (Å²) in [6.07, 6.45) is 0.749. The number of hydrazone groups is 1. The van der Waals surface area contributed by atoms with Crippen LogP contribution in [0.15, 0.2) is 47.6 Å². The topological polar surface area (TPSA) is 35.9 Å². The summed E-state index contributed by atoms with van der Waals surface area (Å²) < 4.78 is 13.2. The maximum absolute atomic E-state index is 13.2. The fourth-order valence-electron chi connectivity index (χ4n) is 3.56. The molecule has 7 heteroatoms. The number of fused-ring (bicyclic) bond motifs is 1. The van der Waals surface area contributed by atoms with Gasteiger partial charge in [-0.2, -0.15) is 5.10 Å². The highest BCUT2D eigenvalue weighted by atomic mass is 35.5. The van der Waals surface area contributed by atoms with Gasteiger partial charge in [-0.15, -0.1) is 0 Å². The fourth-order valence-corrected chi connectivity index (χ4v) is 3.91. The number of nitrogens with zero attached hydrogens (tertiary/aromatic N) is 3. The monoisotopic (exact) mass is 405 g/mol. The van der Waals surface area contributed by atoms with Crippen LogP contribution in [0.5, 0.6) is 0 Å². The Morgan fingerprint density at radius 1 is 1.11 bits per heavy atom. The molecular weight excluding hydrogens is 388 g/mol. The number of hydrogen-bond acceptors (Lipinski definition) is 3. The zero-order valence-corrected chi connectivity index (χ0v) is 16.0. The number of piperidine rings is 1. The largest absolute Gasteiger partial charge is 0.293 e. The van der Waals surface area contributed by atoms with Gasteiger partial charge in [0.15, 0.2) is 0 Å². The Morgan fingerprint density at radius 3 is 2.63 bits per heavy atom. The van der Waals surface area contributed by atoms with Gasteiger partial charge in [-0.05, 0) is 41.8 Å². The molecule has 4 nitrogen and oxygen atoms in total. The number of rotatable bonds is 4. The summed E-state index contributed by atoms with van der Waals surface area (Å²) in [6.45, 7) is 2.55. The molecule has 2 aliphatic heterocycles. The van der Waals surface area contributed by atoms with E-state index in [-0.39, 0.29) is 18.4 Å². The molecule has 2 aliphatic rings. The molecule has 1 fully saturated rings. The molecule has 0 N–H and O–H groups in total. The third-order valence-corrected chi connectivity index (χ3v) is 5.58. The normalized spacial score (nSPS) is 20.0. The summed E-state index contributed by atoms with van der Waals surface area (Å²) in [5.74, 6) is -0.559. The number of amides is 1. The first-order valence-electron chi connectivity index (χ1n) is 8.79. The van der Waals surface area contributed by atoms with E-state index in [0.717, 1.165) is 30.2 Å². The van der Waals surface area contributed by atoms with Crippen molar-refractivity contribution in [3.63, 3.8) is 0 Å². The Balaban J connectivity index is 1.45. The summed E-state index contributed by atoms with van der Waals surface area (Å²) >= 11 is 12.0. The van der Waals surface area contributed by atoms with Crippen LogP contribution in [0, 0.1) is 11.7 Å². The lowest BCUT2D eigenvalue weighted by molar-refractivity contribution is -0.132. The number of carbonyl (C=O) groups is 1. The molecule has 0 spiro atoms. The van der Waals surface area contributed by atoms with Gasteiger partial charge in [0.2, 0.25) is 0 Å². The van der Waals surface area contributed by atoms with Crippen molar-refractivity contribution < 1.29 is 9.18 Å². The maximum atomic E-state index is 13.2. The number of likely N-dealkylation sites (tertiary alicyclic amines) is 1. The van der Waals surface area contributed by atoms with Gasteiger partial charge in [0.25, 0.3) is 5.91 Å². The first-order chi connectivity index (χ1) is 13.0. The Hall–Kier alpha value is -1.95. The van der Waals surface area contributed by atoms with Crippen LogP contribution in [-0.4, -0.2) is 34.6 Å². The van der Waals surface area contributed by atoms with E-state index in [1.165, 1.54) is 22.7 Å². The van der Waals surface area contributed by atoms with Crippen molar-refractivity contribution >= 4 is 34.8 Å². The van der Waals surface area contributed by atoms with Crippen molar-refractivity contribution in [3.8, 4) is 0 Å². The van der Waals surface area contributed by atoms with Crippen LogP contribution in [0.4, 0.5) is 4.39 Å². The summed E-state index contributed by atoms with van der Waals surface area (Å²) in [6, 6.07) is 12.0. The second-order valence-electron chi connectivity index (χ2n) is 6.90. The zero-order valence-electron chi connectivity index (χ0n) is 14.5. The minimum absolute atomic E-state index is 0.00321. The molecule has 2 heterocycles. The van der Waals surface area contributed by atoms with Crippen LogP contribution >= 0.6 is 23.2 Å². The third kappa shape index (κ3) is 4.00. The molecule has 0 bridgehead atoms. The maximum Gasteiger partial charge on any atom is 0.251 e. The molecule has 1 unspecified atom stereocenters. The van der Waals surface area contributed by atoms with Gasteiger partial charge in [0.1, 0.15) is 5.82 Å². The van der Waals surface area contributed by atoms with Gasteiger partial charge in [0, 0.05) is 29.7 Å². The van der Waals surface area contributed by atoms with Crippen LogP contribution in [0.3, 0.4) is 0 Å². The molecule has 0 radical (unpaired) electrons. The summed E-state index contributed by atoms with van der Waals surface area (Å²) in [5.41, 5.74) is 2.75. The van der Waals surface area contributed by atoms with Crippen LogP contribution in [0.2, 0.25) is 10.0 Å². The van der Waals surface area contributed by atoms with Crippen molar-refractivity contribution in [1.29, 1.82) is 0 Å². The zero-order chi connectivity index (χ0) is 19.0. The molecule has 1 amide bonds. The first kappa shape index (κ1) is 18.4. The van der Waals surface area contributed by atoms with E-state index in [1.807, 2.05) is 24.3 Å². The van der Waals surface area contributed by atoms with E-state index >= 15 is 0 Å². The summed E-state index contributed by atoms with van der Waals surface area (Å²) in [7, 11) is 0. The van der Waals surface area contributed by atoms with E-state index in [1.54, 1.807) is 6.07 Å². The van der Waals surface area contributed by atoms with Crippen LogP contribution in [0.25, 0.3) is 0 Å². The Morgan fingerprint density at radius 2 is 1.89 bits per heavy atom. The number of carbonyl (C=O) groups excluding carboxylic acids is 1. The van der Waals surface area contributed by atoms with E-state index in [0.29, 0.717) is 17.1 Å². The highest BCUT2D eigenvalue weighted by Gasteiger charge is 2.39. The van der Waals surface area contributed by atoms with Gasteiger partial charge >= 0.3 is 0 Å². The predicted molar refractivity (Wildman–Crippen MR) is 104 cm³/mol. The number of hydrogen-bond donors (Lipinski definition) is 0. The Bertz CT molecular complexity index is 901. The Labute approximate surface area is 167 Å². The lowest BCUT2D eigenvalue weighted by Gasteiger charge is -2.29.